The van der Waals surface area contributed by atoms with E-state index in [0.717, 1.165) is 44.1 Å². The Balaban J connectivity index is 0.000000293. The summed E-state index contributed by atoms with van der Waals surface area (Å²) in [6.07, 6.45) is 6.92. The van der Waals surface area contributed by atoms with Gasteiger partial charge in [0.1, 0.15) is 5.75 Å². The SMILES string of the molecule is CCCC1CC(C)(O)C1.CCCCOc1ccc(C)c(N(C)CC)c1. The van der Waals surface area contributed by atoms with Crippen LogP contribution in [0.5, 0.6) is 5.75 Å². The van der Waals surface area contributed by atoms with E-state index in [9.17, 15) is 5.11 Å². The Morgan fingerprint density at radius 2 is 1.88 bits per heavy atom. The van der Waals surface area contributed by atoms with Crippen LogP contribution in [0, 0.1) is 12.8 Å². The molecule has 1 N–H and O–H groups in total. The van der Waals surface area contributed by atoms with Crippen molar-refractivity contribution in [3.63, 3.8) is 0 Å². The molecule has 3 nitrogen and oxygen atoms in total. The molecule has 1 aliphatic rings. The van der Waals surface area contributed by atoms with Crippen LogP contribution in [0.2, 0.25) is 0 Å². The molecule has 0 aliphatic heterocycles. The van der Waals surface area contributed by atoms with E-state index in [1.54, 1.807) is 0 Å². The number of aliphatic hydroxyl groups is 1. The van der Waals surface area contributed by atoms with Crippen molar-refractivity contribution in [1.82, 2.24) is 0 Å². The molecule has 1 aromatic carbocycles. The largest absolute Gasteiger partial charge is 0.494 e. The molecule has 0 aromatic heterocycles. The van der Waals surface area contributed by atoms with Crippen LogP contribution in [0.15, 0.2) is 18.2 Å². The maximum absolute atomic E-state index is 9.31. The van der Waals surface area contributed by atoms with Gasteiger partial charge in [-0.1, -0.05) is 39.2 Å². The van der Waals surface area contributed by atoms with Gasteiger partial charge in [0.15, 0.2) is 0 Å². The zero-order chi connectivity index (χ0) is 18.9. The molecule has 1 saturated carbocycles. The molecule has 0 bridgehead atoms. The van der Waals surface area contributed by atoms with Crippen molar-refractivity contribution >= 4 is 5.69 Å². The fourth-order valence-corrected chi connectivity index (χ4v) is 3.39. The van der Waals surface area contributed by atoms with E-state index in [1.807, 2.05) is 6.92 Å². The molecule has 0 radical (unpaired) electrons. The first-order valence-electron chi connectivity index (χ1n) is 9.99. The number of benzene rings is 1. The van der Waals surface area contributed by atoms with Gasteiger partial charge in [-0.25, -0.2) is 0 Å². The van der Waals surface area contributed by atoms with Gasteiger partial charge in [-0.3, -0.25) is 0 Å². The second-order valence-electron chi connectivity index (χ2n) is 7.72. The number of ether oxygens (including phenoxy) is 1. The van der Waals surface area contributed by atoms with E-state index in [-0.39, 0.29) is 5.60 Å². The summed E-state index contributed by atoms with van der Waals surface area (Å²) in [4.78, 5) is 2.24. The molecule has 1 fully saturated rings. The first-order chi connectivity index (χ1) is 11.8. The number of hydrogen-bond acceptors (Lipinski definition) is 3. The smallest absolute Gasteiger partial charge is 0.121 e. The summed E-state index contributed by atoms with van der Waals surface area (Å²) in [6.45, 7) is 12.4. The van der Waals surface area contributed by atoms with Gasteiger partial charge in [0.05, 0.1) is 12.2 Å². The summed E-state index contributed by atoms with van der Waals surface area (Å²) in [6, 6.07) is 6.31. The zero-order valence-corrected chi connectivity index (χ0v) is 17.3. The summed E-state index contributed by atoms with van der Waals surface area (Å²) in [5.41, 5.74) is 2.25. The Morgan fingerprint density at radius 3 is 2.40 bits per heavy atom. The lowest BCUT2D eigenvalue weighted by molar-refractivity contribution is -0.0593. The number of nitrogens with zero attached hydrogens (tertiary/aromatic N) is 1. The van der Waals surface area contributed by atoms with Crippen molar-refractivity contribution in [2.45, 2.75) is 78.7 Å². The number of unbranched alkanes of at least 4 members (excludes halogenated alkanes) is 1. The number of anilines is 1. The molecule has 1 aliphatic carbocycles. The average Bonchev–Trinajstić information content (AvgIpc) is 2.55. The van der Waals surface area contributed by atoms with Crippen LogP contribution in [-0.2, 0) is 0 Å². The minimum Gasteiger partial charge on any atom is -0.494 e. The van der Waals surface area contributed by atoms with Gasteiger partial charge < -0.3 is 14.7 Å². The van der Waals surface area contributed by atoms with Crippen LogP contribution in [0.3, 0.4) is 0 Å². The zero-order valence-electron chi connectivity index (χ0n) is 17.3. The van der Waals surface area contributed by atoms with Gasteiger partial charge in [0.25, 0.3) is 0 Å². The normalized spacial score (nSPS) is 21.8. The van der Waals surface area contributed by atoms with Crippen molar-refractivity contribution < 1.29 is 9.84 Å². The number of aryl methyl sites for hydroxylation is 1. The van der Waals surface area contributed by atoms with Crippen molar-refractivity contribution in [3.05, 3.63) is 23.8 Å². The maximum atomic E-state index is 9.31. The Bertz CT molecular complexity index is 491. The fraction of sp³-hybridized carbons (Fsp3) is 0.727. The van der Waals surface area contributed by atoms with Crippen LogP contribution in [0.1, 0.15) is 71.8 Å². The highest BCUT2D eigenvalue weighted by atomic mass is 16.5. The average molecular weight is 350 g/mol. The Hall–Kier alpha value is -1.22. The second kappa shape index (κ2) is 10.7. The lowest BCUT2D eigenvalue weighted by atomic mass is 9.70. The predicted molar refractivity (Wildman–Crippen MR) is 109 cm³/mol. The van der Waals surface area contributed by atoms with Crippen LogP contribution < -0.4 is 9.64 Å². The monoisotopic (exact) mass is 349 g/mol. The Morgan fingerprint density at radius 1 is 1.20 bits per heavy atom. The Kier molecular flexibility index (Phi) is 9.34. The van der Waals surface area contributed by atoms with Gasteiger partial charge in [0, 0.05) is 25.3 Å². The van der Waals surface area contributed by atoms with Crippen LogP contribution >= 0.6 is 0 Å². The van der Waals surface area contributed by atoms with Gasteiger partial charge >= 0.3 is 0 Å². The highest BCUT2D eigenvalue weighted by molar-refractivity contribution is 5.56. The third-order valence-corrected chi connectivity index (χ3v) is 4.99. The van der Waals surface area contributed by atoms with Crippen LogP contribution in [0.25, 0.3) is 0 Å². The fourth-order valence-electron chi connectivity index (χ4n) is 3.39. The van der Waals surface area contributed by atoms with E-state index < -0.39 is 0 Å². The molecule has 0 unspecified atom stereocenters. The molecular weight excluding hydrogens is 310 g/mol. The van der Waals surface area contributed by atoms with E-state index in [0.29, 0.717) is 0 Å². The summed E-state index contributed by atoms with van der Waals surface area (Å²) in [5.74, 6) is 1.80. The quantitative estimate of drug-likeness (QED) is 0.622. The van der Waals surface area contributed by atoms with Crippen LogP contribution in [0.4, 0.5) is 5.69 Å². The third kappa shape index (κ3) is 7.68. The molecular formula is C22H39NO2. The lowest BCUT2D eigenvalue weighted by Crippen LogP contribution is -2.40. The first-order valence-corrected chi connectivity index (χ1v) is 9.99. The topological polar surface area (TPSA) is 32.7 Å². The van der Waals surface area contributed by atoms with Crippen molar-refractivity contribution in [2.75, 3.05) is 25.1 Å². The van der Waals surface area contributed by atoms with Gasteiger partial charge in [0.2, 0.25) is 0 Å². The van der Waals surface area contributed by atoms with E-state index in [4.69, 9.17) is 4.74 Å². The highest BCUT2D eigenvalue weighted by Gasteiger charge is 2.37. The summed E-state index contributed by atoms with van der Waals surface area (Å²) >= 11 is 0. The third-order valence-electron chi connectivity index (χ3n) is 4.99. The summed E-state index contributed by atoms with van der Waals surface area (Å²) in [5, 5.41) is 9.31. The van der Waals surface area contributed by atoms with Gasteiger partial charge in [-0.15, -0.1) is 0 Å². The molecule has 3 heteroatoms. The van der Waals surface area contributed by atoms with Gasteiger partial charge in [-0.2, -0.15) is 0 Å². The second-order valence-corrected chi connectivity index (χ2v) is 7.72. The van der Waals surface area contributed by atoms with Crippen LogP contribution in [-0.4, -0.2) is 30.9 Å². The predicted octanol–water partition coefficient (Wildman–Crippen LogP) is 5.58. The molecule has 1 aromatic rings. The van der Waals surface area contributed by atoms with Crippen molar-refractivity contribution in [1.29, 1.82) is 0 Å². The standard InChI is InChI=1S/C14H23NO.C8H16O/c1-5-7-10-16-13-9-8-12(3)14(11-13)15(4)6-2;1-3-4-7-5-8(2,9)6-7/h8-9,11H,5-7,10H2,1-4H3;7,9H,3-6H2,1-2H3. The molecule has 0 saturated heterocycles. The summed E-state index contributed by atoms with van der Waals surface area (Å²) < 4.78 is 5.71. The molecule has 2 rings (SSSR count). The molecule has 0 amide bonds. The number of rotatable bonds is 8. The molecule has 0 heterocycles. The highest BCUT2D eigenvalue weighted by Crippen LogP contribution is 2.39. The maximum Gasteiger partial charge on any atom is 0.121 e. The van der Waals surface area contributed by atoms with Crippen molar-refractivity contribution in [2.24, 2.45) is 5.92 Å². The minimum atomic E-state index is -0.306. The first kappa shape index (κ1) is 21.8. The Labute approximate surface area is 155 Å². The molecule has 144 valence electrons. The summed E-state index contributed by atoms with van der Waals surface area (Å²) in [7, 11) is 2.11. The van der Waals surface area contributed by atoms with Gasteiger partial charge in [-0.05, 0) is 57.6 Å². The molecule has 0 spiro atoms. The van der Waals surface area contributed by atoms with E-state index in [1.165, 1.54) is 30.5 Å². The minimum absolute atomic E-state index is 0.306. The van der Waals surface area contributed by atoms with E-state index >= 15 is 0 Å². The number of hydrogen-bond donors (Lipinski definition) is 1. The lowest BCUT2D eigenvalue weighted by Gasteiger charge is -2.40. The molecule has 25 heavy (non-hydrogen) atoms. The van der Waals surface area contributed by atoms with E-state index in [2.05, 4.69) is 57.8 Å². The van der Waals surface area contributed by atoms with Crippen molar-refractivity contribution in [3.8, 4) is 5.75 Å². The molecule has 0 atom stereocenters.